The fourth-order valence-electron chi connectivity index (χ4n) is 11.0. The van der Waals surface area contributed by atoms with Crippen molar-refractivity contribution in [2.45, 2.75) is 0 Å². The van der Waals surface area contributed by atoms with Crippen molar-refractivity contribution in [3.05, 3.63) is 182 Å². The van der Waals surface area contributed by atoms with Crippen LogP contribution in [0.4, 0.5) is 0 Å². The van der Waals surface area contributed by atoms with Crippen LogP contribution in [0.15, 0.2) is 182 Å². The highest BCUT2D eigenvalue weighted by molar-refractivity contribution is 6.84. The predicted octanol–water partition coefficient (Wildman–Crippen LogP) is 12.3. The Morgan fingerprint density at radius 3 is 1.67 bits per heavy atom. The van der Waals surface area contributed by atoms with Gasteiger partial charge in [-0.05, 0) is 72.3 Å². The Kier molecular flexibility index (Phi) is 5.67. The first-order valence-corrected chi connectivity index (χ1v) is 20.6. The monoisotopic (exact) mass is 763 g/mol. The number of hydrogen-bond acceptors (Lipinski definition) is 2. The van der Waals surface area contributed by atoms with E-state index in [9.17, 15) is 0 Å². The number of fused-ring (bicyclic) bond motifs is 17. The van der Waals surface area contributed by atoms with Crippen LogP contribution in [0.3, 0.4) is 0 Å². The lowest BCUT2D eigenvalue weighted by molar-refractivity contribution is 0.479. The second-order valence-corrected chi connectivity index (χ2v) is 16.4. The van der Waals surface area contributed by atoms with E-state index in [1.807, 2.05) is 0 Å². The van der Waals surface area contributed by atoms with Gasteiger partial charge >= 0.3 is 6.92 Å². The molecular weight excluding hydrogens is 733 g/mol. The number of ether oxygens (including phenoxy) is 1. The van der Waals surface area contributed by atoms with Crippen molar-refractivity contribution in [3.63, 3.8) is 0 Å². The number of hydrogen-bond donors (Lipinski definition) is 0. The van der Waals surface area contributed by atoms with Crippen LogP contribution in [0.2, 0.25) is 0 Å². The molecule has 6 heteroatoms. The average molecular weight is 764 g/mol. The van der Waals surface area contributed by atoms with Crippen molar-refractivity contribution in [3.8, 4) is 39.8 Å². The van der Waals surface area contributed by atoms with E-state index in [-0.39, 0.29) is 6.92 Å². The van der Waals surface area contributed by atoms with E-state index < -0.39 is 0 Å². The normalized spacial score (nSPS) is 13.2. The summed E-state index contributed by atoms with van der Waals surface area (Å²) >= 11 is 0. The average Bonchev–Trinajstić information content (AvgIpc) is 4.03. The third kappa shape index (κ3) is 3.76. The lowest BCUT2D eigenvalue weighted by atomic mass is 9.50. The number of aromatic nitrogens is 3. The molecular formula is C54H30BN3O2. The maximum Gasteiger partial charge on any atom is 0.434 e. The Bertz CT molecular complexity index is 3990. The molecule has 276 valence electrons. The molecule has 0 atom stereocenters. The fourth-order valence-corrected chi connectivity index (χ4v) is 11.0. The van der Waals surface area contributed by atoms with Crippen molar-refractivity contribution in [2.75, 3.05) is 0 Å². The van der Waals surface area contributed by atoms with Gasteiger partial charge in [-0.25, -0.2) is 0 Å². The second kappa shape index (κ2) is 11.0. The largest absolute Gasteiger partial charge is 0.551 e. The molecule has 2 aliphatic rings. The lowest BCUT2D eigenvalue weighted by Crippen LogP contribution is -2.53. The molecule has 15 rings (SSSR count). The summed E-state index contributed by atoms with van der Waals surface area (Å²) in [5.41, 5.74) is 14.8. The first-order chi connectivity index (χ1) is 29.8. The molecule has 13 aromatic rings. The molecule has 0 N–H and O–H groups in total. The second-order valence-electron chi connectivity index (χ2n) is 16.4. The summed E-state index contributed by atoms with van der Waals surface area (Å²) in [5.74, 6) is 2.50. The highest BCUT2D eigenvalue weighted by Gasteiger charge is 2.41. The van der Waals surface area contributed by atoms with Crippen LogP contribution in [-0.2, 0) is 0 Å². The fraction of sp³-hybridized carbons (Fsp3) is 0. The number of nitrogens with zero attached hydrogens (tertiary/aromatic N) is 3. The summed E-state index contributed by atoms with van der Waals surface area (Å²) in [5, 5.41) is 10.0. The van der Waals surface area contributed by atoms with E-state index in [1.165, 1.54) is 81.7 Å². The Morgan fingerprint density at radius 2 is 0.933 bits per heavy atom. The van der Waals surface area contributed by atoms with Gasteiger partial charge in [0.05, 0.1) is 44.3 Å². The summed E-state index contributed by atoms with van der Waals surface area (Å²) in [6.07, 6.45) is 0. The maximum atomic E-state index is 7.08. The molecule has 0 radical (unpaired) electrons. The molecule has 9 aromatic carbocycles. The molecule has 6 heterocycles. The molecule has 0 saturated heterocycles. The molecule has 0 unspecified atom stereocenters. The van der Waals surface area contributed by atoms with E-state index in [1.54, 1.807) is 0 Å². The minimum atomic E-state index is -0.362. The van der Waals surface area contributed by atoms with Gasteiger partial charge in [-0.2, -0.15) is 0 Å². The van der Waals surface area contributed by atoms with Crippen LogP contribution in [0.5, 0.6) is 17.2 Å². The molecule has 5 nitrogen and oxygen atoms in total. The Hall–Kier alpha value is -7.96. The van der Waals surface area contributed by atoms with E-state index in [4.69, 9.17) is 9.39 Å². The van der Waals surface area contributed by atoms with Crippen molar-refractivity contribution in [1.29, 1.82) is 0 Å². The minimum Gasteiger partial charge on any atom is -0.551 e. The van der Waals surface area contributed by atoms with E-state index in [2.05, 4.69) is 196 Å². The molecule has 60 heavy (non-hydrogen) atoms. The highest BCUT2D eigenvalue weighted by Crippen LogP contribution is 2.47. The summed E-state index contributed by atoms with van der Waals surface area (Å²) < 4.78 is 21.4. The van der Waals surface area contributed by atoms with Crippen LogP contribution < -0.4 is 20.3 Å². The molecule has 0 saturated carbocycles. The van der Waals surface area contributed by atoms with E-state index in [0.717, 1.165) is 50.7 Å². The van der Waals surface area contributed by atoms with E-state index in [0.29, 0.717) is 0 Å². The van der Waals surface area contributed by atoms with Gasteiger partial charge in [0.15, 0.2) is 0 Å². The number of para-hydroxylation sites is 6. The smallest absolute Gasteiger partial charge is 0.434 e. The zero-order chi connectivity index (χ0) is 38.8. The minimum absolute atomic E-state index is 0.362. The Labute approximate surface area is 342 Å². The first-order valence-electron chi connectivity index (χ1n) is 20.6. The third-order valence-corrected chi connectivity index (χ3v) is 13.4. The topological polar surface area (TPSA) is 32.7 Å². The van der Waals surface area contributed by atoms with Crippen molar-refractivity contribution < 1.29 is 9.39 Å². The van der Waals surface area contributed by atoms with Gasteiger partial charge < -0.3 is 22.9 Å². The van der Waals surface area contributed by atoms with Gasteiger partial charge in [-0.15, -0.1) is 0 Å². The SMILES string of the molecule is c1ccc2c(c1)OB1c3cc(-n4c5ccccc5c5cc6c7ccccc7n7c8ccccc8c(c54)c67)ccc3Oc3cc(-n4c5ccccc5c5ccccc54)cc-2c31. The van der Waals surface area contributed by atoms with Crippen molar-refractivity contribution >= 4 is 99.5 Å². The zero-order valence-electron chi connectivity index (χ0n) is 32.1. The van der Waals surface area contributed by atoms with Gasteiger partial charge in [0.1, 0.15) is 17.2 Å². The molecule has 2 aliphatic heterocycles. The molecule has 0 bridgehead atoms. The Balaban J connectivity index is 0.996. The van der Waals surface area contributed by atoms with Crippen LogP contribution in [0, 0.1) is 0 Å². The van der Waals surface area contributed by atoms with Crippen molar-refractivity contribution in [1.82, 2.24) is 13.5 Å². The summed E-state index contributed by atoms with van der Waals surface area (Å²) in [4.78, 5) is 0. The van der Waals surface area contributed by atoms with Gasteiger partial charge in [0.2, 0.25) is 0 Å². The molecule has 4 aromatic heterocycles. The van der Waals surface area contributed by atoms with Crippen molar-refractivity contribution in [2.24, 2.45) is 0 Å². The van der Waals surface area contributed by atoms with Gasteiger partial charge in [0, 0.05) is 71.3 Å². The summed E-state index contributed by atoms with van der Waals surface area (Å²) in [6, 6.07) is 65.9. The van der Waals surface area contributed by atoms with Crippen LogP contribution in [0.1, 0.15) is 0 Å². The maximum absolute atomic E-state index is 7.08. The summed E-state index contributed by atoms with van der Waals surface area (Å²) in [7, 11) is 0. The van der Waals surface area contributed by atoms with Crippen LogP contribution in [-0.4, -0.2) is 20.5 Å². The number of benzene rings is 9. The number of rotatable bonds is 2. The predicted molar refractivity (Wildman–Crippen MR) is 247 cm³/mol. The third-order valence-electron chi connectivity index (χ3n) is 13.4. The van der Waals surface area contributed by atoms with Crippen LogP contribution in [0.25, 0.3) is 104 Å². The molecule has 0 fully saturated rings. The van der Waals surface area contributed by atoms with E-state index >= 15 is 0 Å². The van der Waals surface area contributed by atoms with Crippen LogP contribution >= 0.6 is 0 Å². The zero-order valence-corrected chi connectivity index (χ0v) is 32.1. The lowest BCUT2D eigenvalue weighted by Gasteiger charge is -2.33. The summed E-state index contributed by atoms with van der Waals surface area (Å²) in [6.45, 7) is -0.362. The van der Waals surface area contributed by atoms with Gasteiger partial charge in [0.25, 0.3) is 0 Å². The Morgan fingerprint density at radius 1 is 0.367 bits per heavy atom. The van der Waals surface area contributed by atoms with Gasteiger partial charge in [-0.1, -0.05) is 109 Å². The molecule has 0 aliphatic carbocycles. The van der Waals surface area contributed by atoms with Gasteiger partial charge in [-0.3, -0.25) is 0 Å². The molecule has 0 amide bonds. The first kappa shape index (κ1) is 31.1. The quantitative estimate of drug-likeness (QED) is 0.164. The highest BCUT2D eigenvalue weighted by atomic mass is 16.5. The molecule has 0 spiro atoms. The standard InChI is InChI=1S/C54H30BN3O2/c1-7-19-43-33(13-1)34-14-2-8-20-44(34)56(43)32-27-39-37-17-6-12-24-48(37)60-55-42-28-31(25-26-49(42)59-50(29-32)52(39)55)57-45-21-9-3-15-35(45)40-30-41-36-16-4-10-22-46(36)58-47-23-11-5-18-38(47)51(53(40)57)54(41)58/h1-30H.